The molecule has 2 aliphatic heterocycles. The zero-order valence-electron chi connectivity index (χ0n) is 14.3. The summed E-state index contributed by atoms with van der Waals surface area (Å²) in [6, 6.07) is -2.42. The average molecular weight is 378 g/mol. The molecule has 0 radical (unpaired) electrons. The molecule has 0 aromatic rings. The monoisotopic (exact) mass is 378 g/mol. The van der Waals surface area contributed by atoms with Crippen LogP contribution < -0.4 is 10.9 Å². The summed E-state index contributed by atoms with van der Waals surface area (Å²) in [5, 5.41) is 0.579. The van der Waals surface area contributed by atoms with Gasteiger partial charge in [-0.25, -0.2) is 4.79 Å². The van der Waals surface area contributed by atoms with Crippen LogP contribution in [0.5, 0.6) is 0 Å². The van der Waals surface area contributed by atoms with E-state index in [-0.39, 0.29) is 24.8 Å². The van der Waals surface area contributed by atoms with Crippen LogP contribution >= 0.6 is 0 Å². The molecule has 2 bridgehead atoms. The molecule has 2 heterocycles. The summed E-state index contributed by atoms with van der Waals surface area (Å²) in [7, 11) is -4.88. The molecule has 0 aromatic carbocycles. The standard InChI is InChI=1S/C13H22N4O7S/c1-7(2)10(18)14-15-11(19)8-5-13(3,4)9-6-16(8)12(20)17(9)24-25(21,22)23/h7-9H,5-6H2,1-4H3,(H,14,18)(H,15,19)(H,21,22,23). The van der Waals surface area contributed by atoms with Crippen molar-refractivity contribution in [2.45, 2.75) is 46.2 Å². The van der Waals surface area contributed by atoms with Crippen LogP contribution in [0.15, 0.2) is 0 Å². The number of hydrogen-bond acceptors (Lipinski definition) is 6. The second-order valence-electron chi connectivity index (χ2n) is 7.12. The predicted molar refractivity (Wildman–Crippen MR) is 83.7 cm³/mol. The van der Waals surface area contributed by atoms with Gasteiger partial charge in [-0.3, -0.25) is 25.0 Å². The van der Waals surface area contributed by atoms with Gasteiger partial charge < -0.3 is 4.90 Å². The molecule has 2 fully saturated rings. The molecule has 2 unspecified atom stereocenters. The number of piperidine rings is 1. The van der Waals surface area contributed by atoms with Crippen molar-refractivity contribution in [1.82, 2.24) is 20.8 Å². The minimum absolute atomic E-state index is 0.0531. The number of carbonyl (C=O) groups excluding carboxylic acids is 3. The van der Waals surface area contributed by atoms with E-state index in [1.54, 1.807) is 27.7 Å². The van der Waals surface area contributed by atoms with E-state index in [4.69, 9.17) is 4.55 Å². The average Bonchev–Trinajstić information content (AvgIpc) is 2.74. The van der Waals surface area contributed by atoms with Crippen molar-refractivity contribution >= 4 is 28.2 Å². The quantitative estimate of drug-likeness (QED) is 0.438. The Morgan fingerprint density at radius 2 is 1.92 bits per heavy atom. The fourth-order valence-electron chi connectivity index (χ4n) is 2.94. The first-order valence-corrected chi connectivity index (χ1v) is 9.06. The van der Waals surface area contributed by atoms with Crippen LogP contribution in [0.2, 0.25) is 0 Å². The SMILES string of the molecule is CC(C)C(=O)NNC(=O)C1CC(C)(C)C2CN1C(=O)N2OS(=O)(=O)O. The number of nitrogens with zero attached hydrogens (tertiary/aromatic N) is 2. The maximum Gasteiger partial charge on any atom is 0.418 e. The molecule has 3 N–H and O–H groups in total. The molecule has 4 amide bonds. The van der Waals surface area contributed by atoms with E-state index < -0.39 is 39.8 Å². The number of amides is 4. The van der Waals surface area contributed by atoms with Gasteiger partial charge in [0.05, 0.1) is 6.04 Å². The highest BCUT2D eigenvalue weighted by atomic mass is 32.3. The van der Waals surface area contributed by atoms with E-state index in [0.29, 0.717) is 5.06 Å². The first-order valence-electron chi connectivity index (χ1n) is 7.70. The number of rotatable bonds is 4. The molecule has 25 heavy (non-hydrogen) atoms. The molecule has 0 spiro atoms. The Morgan fingerprint density at radius 1 is 1.32 bits per heavy atom. The summed E-state index contributed by atoms with van der Waals surface area (Å²) >= 11 is 0. The van der Waals surface area contributed by atoms with Crippen LogP contribution in [0.1, 0.15) is 34.1 Å². The smallest absolute Gasteiger partial charge is 0.309 e. The summed E-state index contributed by atoms with van der Waals surface area (Å²) in [5.41, 5.74) is 3.88. The molecule has 2 atom stereocenters. The summed E-state index contributed by atoms with van der Waals surface area (Å²) in [6.07, 6.45) is 0.220. The van der Waals surface area contributed by atoms with E-state index in [0.717, 1.165) is 4.90 Å². The maximum atomic E-state index is 12.4. The van der Waals surface area contributed by atoms with Crippen LogP contribution in [-0.2, 0) is 24.3 Å². The van der Waals surface area contributed by atoms with Crippen molar-refractivity contribution in [1.29, 1.82) is 0 Å². The zero-order valence-corrected chi connectivity index (χ0v) is 15.2. The molecule has 0 aromatic heterocycles. The number of carbonyl (C=O) groups is 3. The van der Waals surface area contributed by atoms with Crippen LogP contribution in [0.4, 0.5) is 4.79 Å². The molecule has 2 rings (SSSR count). The summed E-state index contributed by atoms with van der Waals surface area (Å²) in [5.74, 6) is -1.31. The van der Waals surface area contributed by atoms with Gasteiger partial charge in [0.2, 0.25) is 5.91 Å². The first kappa shape index (κ1) is 19.4. The van der Waals surface area contributed by atoms with E-state index >= 15 is 0 Å². The largest absolute Gasteiger partial charge is 0.418 e. The Hall–Kier alpha value is -1.92. The van der Waals surface area contributed by atoms with Crippen LogP contribution in [0.3, 0.4) is 0 Å². The minimum atomic E-state index is -4.88. The predicted octanol–water partition coefficient (Wildman–Crippen LogP) is -0.571. The topological polar surface area (TPSA) is 145 Å². The number of fused-ring (bicyclic) bond motifs is 2. The fourth-order valence-corrected chi connectivity index (χ4v) is 3.31. The Morgan fingerprint density at radius 3 is 2.44 bits per heavy atom. The molecule has 0 saturated carbocycles. The van der Waals surface area contributed by atoms with Crippen molar-refractivity contribution in [3.63, 3.8) is 0 Å². The third-order valence-electron chi connectivity index (χ3n) is 4.40. The van der Waals surface area contributed by atoms with Gasteiger partial charge in [0, 0.05) is 12.5 Å². The summed E-state index contributed by atoms with van der Waals surface area (Å²) in [4.78, 5) is 37.5. The Kier molecular flexibility index (Phi) is 4.99. The van der Waals surface area contributed by atoms with Crippen molar-refractivity contribution in [2.75, 3.05) is 6.54 Å². The van der Waals surface area contributed by atoms with E-state index in [2.05, 4.69) is 15.1 Å². The number of nitrogens with one attached hydrogen (secondary N) is 2. The van der Waals surface area contributed by atoms with Crippen LogP contribution in [0.25, 0.3) is 0 Å². The van der Waals surface area contributed by atoms with E-state index in [1.165, 1.54) is 0 Å². The van der Waals surface area contributed by atoms with Gasteiger partial charge in [0.1, 0.15) is 6.04 Å². The molecule has 11 nitrogen and oxygen atoms in total. The van der Waals surface area contributed by atoms with Crippen LogP contribution in [-0.4, -0.2) is 59.4 Å². The number of hydroxylamine groups is 2. The first-order chi connectivity index (χ1) is 11.3. The molecule has 2 saturated heterocycles. The fraction of sp³-hybridized carbons (Fsp3) is 0.769. The lowest BCUT2D eigenvalue weighted by atomic mass is 9.76. The Balaban J connectivity index is 2.17. The molecule has 12 heteroatoms. The number of hydrogen-bond donors (Lipinski definition) is 3. The highest BCUT2D eigenvalue weighted by molar-refractivity contribution is 7.80. The van der Waals surface area contributed by atoms with Gasteiger partial charge in [-0.05, 0) is 11.8 Å². The Bertz CT molecular complexity index is 690. The normalized spacial score (nSPS) is 25.3. The van der Waals surface area contributed by atoms with Gasteiger partial charge in [-0.2, -0.15) is 13.5 Å². The molecular weight excluding hydrogens is 356 g/mol. The molecule has 142 valence electrons. The van der Waals surface area contributed by atoms with Crippen molar-refractivity contribution in [3.05, 3.63) is 0 Å². The third-order valence-corrected chi connectivity index (χ3v) is 4.74. The number of hydrazine groups is 1. The third kappa shape index (κ3) is 4.02. The number of urea groups is 1. The van der Waals surface area contributed by atoms with Crippen molar-refractivity contribution in [2.24, 2.45) is 11.3 Å². The minimum Gasteiger partial charge on any atom is -0.309 e. The molecule has 2 aliphatic rings. The Labute approximate surface area is 145 Å². The lowest BCUT2D eigenvalue weighted by molar-refractivity contribution is -0.134. The van der Waals surface area contributed by atoms with Crippen LogP contribution in [0, 0.1) is 11.3 Å². The lowest BCUT2D eigenvalue weighted by Crippen LogP contribution is -2.57. The van der Waals surface area contributed by atoms with Crippen molar-refractivity contribution in [3.8, 4) is 0 Å². The molecular formula is C13H22N4O7S. The second kappa shape index (κ2) is 6.42. The summed E-state index contributed by atoms with van der Waals surface area (Å²) in [6.45, 7) is 6.87. The van der Waals surface area contributed by atoms with E-state index in [1.807, 2.05) is 0 Å². The van der Waals surface area contributed by atoms with Gasteiger partial charge in [-0.15, -0.1) is 4.28 Å². The van der Waals surface area contributed by atoms with Gasteiger partial charge >= 0.3 is 16.4 Å². The zero-order chi connectivity index (χ0) is 19.2. The van der Waals surface area contributed by atoms with E-state index in [9.17, 15) is 22.8 Å². The maximum absolute atomic E-state index is 12.4. The second-order valence-corrected chi connectivity index (χ2v) is 8.13. The highest BCUT2D eigenvalue weighted by Gasteiger charge is 2.56. The van der Waals surface area contributed by atoms with Gasteiger partial charge in [-0.1, -0.05) is 27.7 Å². The van der Waals surface area contributed by atoms with Gasteiger partial charge in [0.15, 0.2) is 0 Å². The molecule has 0 aliphatic carbocycles. The lowest BCUT2D eigenvalue weighted by Gasteiger charge is -2.40. The summed E-state index contributed by atoms with van der Waals surface area (Å²) < 4.78 is 35.2. The van der Waals surface area contributed by atoms with Gasteiger partial charge in [0.25, 0.3) is 5.91 Å². The van der Waals surface area contributed by atoms with Crippen molar-refractivity contribution < 1.29 is 31.6 Å². The highest BCUT2D eigenvalue weighted by Crippen LogP contribution is 2.42.